The van der Waals surface area contributed by atoms with Crippen LogP contribution in [0.3, 0.4) is 0 Å². The van der Waals surface area contributed by atoms with E-state index >= 15 is 0 Å². The lowest BCUT2D eigenvalue weighted by molar-refractivity contribution is 0.0945. The Morgan fingerprint density at radius 1 is 1.25 bits per heavy atom. The Morgan fingerprint density at radius 3 is 2.55 bits per heavy atom. The fourth-order valence-corrected chi connectivity index (χ4v) is 1.92. The molecule has 20 heavy (non-hydrogen) atoms. The first kappa shape index (κ1) is 14.2. The monoisotopic (exact) mass is 273 g/mol. The van der Waals surface area contributed by atoms with Crippen LogP contribution in [0.4, 0.5) is 0 Å². The van der Waals surface area contributed by atoms with Crippen LogP contribution < -0.4 is 10.9 Å². The topological polar surface area (TPSA) is 74.8 Å². The Bertz CT molecular complexity index is 683. The summed E-state index contributed by atoms with van der Waals surface area (Å²) in [6, 6.07) is 6.96. The number of H-pyrrole nitrogens is 1. The zero-order chi connectivity index (χ0) is 14.8. The van der Waals surface area contributed by atoms with E-state index in [1.807, 2.05) is 0 Å². The molecule has 0 radical (unpaired) electrons. The Kier molecular flexibility index (Phi) is 3.88. The molecule has 0 saturated carbocycles. The molecule has 5 nitrogen and oxygen atoms in total. The lowest BCUT2D eigenvalue weighted by Gasteiger charge is -2.18. The molecule has 0 atom stereocenters. The number of carbonyl (C=O) groups excluding carboxylic acids is 1. The van der Waals surface area contributed by atoms with Crippen molar-refractivity contribution in [2.24, 2.45) is 5.41 Å². The molecule has 1 aromatic heterocycles. The molecule has 0 aliphatic carbocycles. The van der Waals surface area contributed by atoms with E-state index in [2.05, 4.69) is 36.3 Å². The number of nitrogens with one attached hydrogen (secondary N) is 2. The number of aromatic nitrogens is 2. The molecule has 5 heteroatoms. The minimum Gasteiger partial charge on any atom is -0.351 e. The Hall–Kier alpha value is -2.17. The summed E-state index contributed by atoms with van der Waals surface area (Å²) in [5.41, 5.74) is 0.134. The van der Waals surface area contributed by atoms with Gasteiger partial charge in [-0.25, -0.2) is 5.10 Å². The summed E-state index contributed by atoms with van der Waals surface area (Å²) < 4.78 is 0. The van der Waals surface area contributed by atoms with Crippen LogP contribution in [0.25, 0.3) is 10.8 Å². The second-order valence-electron chi connectivity index (χ2n) is 6.01. The Morgan fingerprint density at radius 2 is 1.90 bits per heavy atom. The fraction of sp³-hybridized carbons (Fsp3) is 0.400. The van der Waals surface area contributed by atoms with E-state index in [1.54, 1.807) is 24.3 Å². The average Bonchev–Trinajstić information content (AvgIpc) is 2.38. The van der Waals surface area contributed by atoms with Crippen molar-refractivity contribution in [1.29, 1.82) is 0 Å². The summed E-state index contributed by atoms with van der Waals surface area (Å²) in [5, 5.41) is 10.1. The Labute approximate surface area is 117 Å². The number of hydrogen-bond acceptors (Lipinski definition) is 3. The van der Waals surface area contributed by atoms with Crippen molar-refractivity contribution in [3.8, 4) is 0 Å². The van der Waals surface area contributed by atoms with Gasteiger partial charge in [0.05, 0.1) is 5.39 Å². The summed E-state index contributed by atoms with van der Waals surface area (Å²) in [6.45, 7) is 6.93. The van der Waals surface area contributed by atoms with Crippen molar-refractivity contribution < 1.29 is 4.79 Å². The molecule has 106 valence electrons. The molecule has 0 aliphatic heterocycles. The maximum Gasteiger partial charge on any atom is 0.272 e. The molecule has 0 fully saturated rings. The predicted octanol–water partition coefficient (Wildman–Crippen LogP) is 2.09. The van der Waals surface area contributed by atoms with Crippen LogP contribution in [0, 0.1) is 5.41 Å². The number of amides is 1. The third-order valence-electron chi connectivity index (χ3n) is 3.07. The molecule has 2 aromatic rings. The van der Waals surface area contributed by atoms with Crippen molar-refractivity contribution >= 4 is 16.7 Å². The molecule has 1 heterocycles. The van der Waals surface area contributed by atoms with Crippen LogP contribution in [0.2, 0.25) is 0 Å². The summed E-state index contributed by atoms with van der Waals surface area (Å²) in [5.74, 6) is -0.262. The van der Waals surface area contributed by atoms with E-state index in [9.17, 15) is 9.59 Å². The molecule has 0 spiro atoms. The number of aromatic amines is 1. The van der Waals surface area contributed by atoms with E-state index in [0.29, 0.717) is 17.3 Å². The second kappa shape index (κ2) is 5.45. The number of rotatable bonds is 3. The van der Waals surface area contributed by atoms with Gasteiger partial charge in [0.2, 0.25) is 0 Å². The van der Waals surface area contributed by atoms with E-state index in [-0.39, 0.29) is 22.6 Å². The molecule has 2 rings (SSSR count). The van der Waals surface area contributed by atoms with Gasteiger partial charge in [-0.15, -0.1) is 0 Å². The summed E-state index contributed by atoms with van der Waals surface area (Å²) in [4.78, 5) is 23.8. The minimum atomic E-state index is -0.285. The smallest absolute Gasteiger partial charge is 0.272 e. The number of carbonyl (C=O) groups is 1. The van der Waals surface area contributed by atoms with Gasteiger partial charge in [-0.1, -0.05) is 39.0 Å². The van der Waals surface area contributed by atoms with Gasteiger partial charge in [-0.2, -0.15) is 5.10 Å². The van der Waals surface area contributed by atoms with E-state index in [1.165, 1.54) is 0 Å². The second-order valence-corrected chi connectivity index (χ2v) is 6.01. The van der Waals surface area contributed by atoms with Gasteiger partial charge in [-0.05, 0) is 17.9 Å². The number of nitrogens with zero attached hydrogens (tertiary/aromatic N) is 1. The van der Waals surface area contributed by atoms with Gasteiger partial charge in [0.1, 0.15) is 0 Å². The first-order valence-corrected chi connectivity index (χ1v) is 6.64. The predicted molar refractivity (Wildman–Crippen MR) is 78.8 cm³/mol. The maximum absolute atomic E-state index is 12.2. The lowest BCUT2D eigenvalue weighted by atomic mass is 9.92. The van der Waals surface area contributed by atoms with Crippen LogP contribution in [-0.4, -0.2) is 22.6 Å². The largest absolute Gasteiger partial charge is 0.351 e. The van der Waals surface area contributed by atoms with Gasteiger partial charge in [0.15, 0.2) is 5.69 Å². The molecule has 1 amide bonds. The zero-order valence-corrected chi connectivity index (χ0v) is 12.0. The van der Waals surface area contributed by atoms with Gasteiger partial charge < -0.3 is 5.32 Å². The summed E-state index contributed by atoms with van der Waals surface area (Å²) >= 11 is 0. The van der Waals surface area contributed by atoms with Crippen LogP contribution in [0.15, 0.2) is 29.1 Å². The van der Waals surface area contributed by atoms with Crippen molar-refractivity contribution in [3.63, 3.8) is 0 Å². The van der Waals surface area contributed by atoms with Crippen molar-refractivity contribution in [2.45, 2.75) is 27.2 Å². The third kappa shape index (κ3) is 3.23. The normalized spacial score (nSPS) is 11.6. The number of fused-ring (bicyclic) bond motifs is 1. The van der Waals surface area contributed by atoms with E-state index in [4.69, 9.17) is 0 Å². The maximum atomic E-state index is 12.2. The summed E-state index contributed by atoms with van der Waals surface area (Å²) in [7, 11) is 0. The molecule has 1 aromatic carbocycles. The molecule has 2 N–H and O–H groups in total. The first-order chi connectivity index (χ1) is 9.38. The first-order valence-electron chi connectivity index (χ1n) is 6.64. The van der Waals surface area contributed by atoms with Gasteiger partial charge in [-0.3, -0.25) is 9.59 Å². The van der Waals surface area contributed by atoms with Crippen LogP contribution in [0.5, 0.6) is 0 Å². The van der Waals surface area contributed by atoms with Crippen LogP contribution in [-0.2, 0) is 0 Å². The highest BCUT2D eigenvalue weighted by Crippen LogP contribution is 2.17. The van der Waals surface area contributed by atoms with Crippen LogP contribution in [0.1, 0.15) is 37.7 Å². The van der Waals surface area contributed by atoms with Gasteiger partial charge in [0, 0.05) is 11.9 Å². The third-order valence-corrected chi connectivity index (χ3v) is 3.07. The number of benzene rings is 1. The molecular formula is C15H19N3O2. The highest BCUT2D eigenvalue weighted by atomic mass is 16.2. The van der Waals surface area contributed by atoms with E-state index < -0.39 is 0 Å². The van der Waals surface area contributed by atoms with Crippen molar-refractivity contribution in [2.75, 3.05) is 6.54 Å². The molecular weight excluding hydrogens is 254 g/mol. The molecule has 0 unspecified atom stereocenters. The van der Waals surface area contributed by atoms with Gasteiger partial charge >= 0.3 is 0 Å². The number of hydrogen-bond donors (Lipinski definition) is 2. The van der Waals surface area contributed by atoms with Gasteiger partial charge in [0.25, 0.3) is 11.5 Å². The summed E-state index contributed by atoms with van der Waals surface area (Å²) in [6.07, 6.45) is 0.875. The Balaban J connectivity index is 2.23. The lowest BCUT2D eigenvalue weighted by Crippen LogP contribution is -2.29. The SMILES string of the molecule is CC(C)(C)CCNC(=O)c1n[nH]c(=O)c2ccccc12. The highest BCUT2D eigenvalue weighted by molar-refractivity contribution is 6.04. The molecule has 0 aliphatic rings. The minimum absolute atomic E-state index is 0.160. The molecule has 0 saturated heterocycles. The standard InChI is InChI=1S/C15H19N3O2/c1-15(2,3)8-9-16-14(20)12-10-6-4-5-7-11(10)13(19)18-17-12/h4-7H,8-9H2,1-3H3,(H,16,20)(H,18,19). The van der Waals surface area contributed by atoms with Crippen molar-refractivity contribution in [1.82, 2.24) is 15.5 Å². The van der Waals surface area contributed by atoms with E-state index in [0.717, 1.165) is 6.42 Å². The van der Waals surface area contributed by atoms with Crippen molar-refractivity contribution in [3.05, 3.63) is 40.3 Å². The fourth-order valence-electron chi connectivity index (χ4n) is 1.92. The highest BCUT2D eigenvalue weighted by Gasteiger charge is 2.15. The average molecular weight is 273 g/mol. The molecule has 0 bridgehead atoms. The zero-order valence-electron chi connectivity index (χ0n) is 12.0. The van der Waals surface area contributed by atoms with Crippen LogP contribution >= 0.6 is 0 Å². The quantitative estimate of drug-likeness (QED) is 0.899.